The van der Waals surface area contributed by atoms with Crippen LogP contribution in [0, 0.1) is 6.92 Å². The first-order valence-electron chi connectivity index (χ1n) is 6.26. The predicted octanol–water partition coefficient (Wildman–Crippen LogP) is 2.34. The van der Waals surface area contributed by atoms with Crippen LogP contribution in [0.4, 0.5) is 0 Å². The maximum atomic E-state index is 11.9. The molecule has 0 unspecified atom stereocenters. The molecule has 0 bridgehead atoms. The van der Waals surface area contributed by atoms with Gasteiger partial charge in [0.25, 0.3) is 0 Å². The first kappa shape index (κ1) is 14.1. The van der Waals surface area contributed by atoms with Crippen LogP contribution in [-0.4, -0.2) is 18.0 Å². The van der Waals surface area contributed by atoms with Crippen molar-refractivity contribution < 1.29 is 19.1 Å². The summed E-state index contributed by atoms with van der Waals surface area (Å²) in [5, 5.41) is 10.4. The summed E-state index contributed by atoms with van der Waals surface area (Å²) >= 11 is 0. The van der Waals surface area contributed by atoms with Crippen LogP contribution in [0.3, 0.4) is 0 Å². The Morgan fingerprint density at radius 3 is 2.70 bits per heavy atom. The smallest absolute Gasteiger partial charge is 0.339 e. The minimum Gasteiger partial charge on any atom is -0.504 e. The number of methoxy groups -OCH3 is 1. The number of rotatable bonds is 4. The molecule has 0 aliphatic rings. The molecule has 20 heavy (non-hydrogen) atoms. The zero-order valence-electron chi connectivity index (χ0n) is 11.6. The van der Waals surface area contributed by atoms with Crippen LogP contribution < -0.4 is 10.4 Å². The van der Waals surface area contributed by atoms with E-state index in [1.165, 1.54) is 20.1 Å². The van der Waals surface area contributed by atoms with Crippen LogP contribution in [0.25, 0.3) is 11.0 Å². The number of carbonyl (C=O) groups excluding carboxylic acids is 1. The molecule has 0 saturated carbocycles. The number of hydrogen-bond acceptors (Lipinski definition) is 5. The van der Waals surface area contributed by atoms with Gasteiger partial charge in [-0.1, -0.05) is 0 Å². The molecule has 0 saturated heterocycles. The van der Waals surface area contributed by atoms with Gasteiger partial charge in [-0.05, 0) is 31.9 Å². The first-order valence-corrected chi connectivity index (χ1v) is 6.26. The second-order valence-electron chi connectivity index (χ2n) is 4.72. The third kappa shape index (κ3) is 2.52. The first-order chi connectivity index (χ1) is 9.43. The van der Waals surface area contributed by atoms with Gasteiger partial charge in [0.05, 0.1) is 7.11 Å². The average molecular weight is 276 g/mol. The lowest BCUT2D eigenvalue weighted by molar-refractivity contribution is -0.116. The summed E-state index contributed by atoms with van der Waals surface area (Å²) in [5.41, 5.74) is 1.06. The van der Waals surface area contributed by atoms with Crippen molar-refractivity contribution in [2.45, 2.75) is 26.7 Å². The summed E-state index contributed by atoms with van der Waals surface area (Å²) in [4.78, 5) is 23.0. The molecule has 5 nitrogen and oxygen atoms in total. The van der Waals surface area contributed by atoms with Gasteiger partial charge in [0.1, 0.15) is 11.4 Å². The highest BCUT2D eigenvalue weighted by atomic mass is 16.5. The Hall–Kier alpha value is -2.30. The third-order valence-corrected chi connectivity index (χ3v) is 3.31. The Labute approximate surface area is 115 Å². The van der Waals surface area contributed by atoms with Crippen LogP contribution in [0.1, 0.15) is 24.5 Å². The van der Waals surface area contributed by atoms with Gasteiger partial charge in [-0.15, -0.1) is 0 Å². The highest BCUT2D eigenvalue weighted by Gasteiger charge is 2.14. The number of benzene rings is 1. The highest BCUT2D eigenvalue weighted by Crippen LogP contribution is 2.32. The molecule has 0 fully saturated rings. The number of phenolic OH excluding ortho intramolecular Hbond substituents is 1. The number of fused-ring (bicyclic) bond motifs is 1. The number of phenols is 1. The second kappa shape index (κ2) is 5.36. The minimum atomic E-state index is -0.471. The van der Waals surface area contributed by atoms with Crippen LogP contribution >= 0.6 is 0 Å². The topological polar surface area (TPSA) is 76.7 Å². The molecule has 0 atom stereocenters. The van der Waals surface area contributed by atoms with E-state index in [1.807, 2.05) is 0 Å². The standard InChI is InChI=1S/C15H16O5/c1-8(16)4-5-10-9(2)11-6-14(19-3)12(17)7-13(11)20-15(10)18/h6-7,17H,4-5H2,1-3H3. The van der Waals surface area contributed by atoms with E-state index in [0.717, 1.165) is 5.56 Å². The molecule has 1 heterocycles. The van der Waals surface area contributed by atoms with Crippen LogP contribution in [0.5, 0.6) is 11.5 Å². The Bertz CT molecular complexity index is 727. The molecule has 0 aliphatic heterocycles. The van der Waals surface area contributed by atoms with Gasteiger partial charge in [-0.2, -0.15) is 0 Å². The zero-order chi connectivity index (χ0) is 14.9. The summed E-state index contributed by atoms with van der Waals surface area (Å²) in [7, 11) is 1.45. The number of aromatic hydroxyl groups is 1. The van der Waals surface area contributed by atoms with E-state index in [0.29, 0.717) is 35.1 Å². The summed E-state index contributed by atoms with van der Waals surface area (Å²) in [5.74, 6) is 0.248. The van der Waals surface area contributed by atoms with E-state index in [9.17, 15) is 14.7 Å². The molecular weight excluding hydrogens is 260 g/mol. The lowest BCUT2D eigenvalue weighted by Gasteiger charge is -2.09. The molecular formula is C15H16O5. The van der Waals surface area contributed by atoms with E-state index >= 15 is 0 Å². The van der Waals surface area contributed by atoms with E-state index < -0.39 is 5.63 Å². The monoisotopic (exact) mass is 276 g/mol. The third-order valence-electron chi connectivity index (χ3n) is 3.31. The van der Waals surface area contributed by atoms with Gasteiger partial charge in [-0.3, -0.25) is 0 Å². The maximum absolute atomic E-state index is 11.9. The molecule has 0 spiro atoms. The normalized spacial score (nSPS) is 10.8. The molecule has 0 amide bonds. The largest absolute Gasteiger partial charge is 0.504 e. The molecule has 1 aromatic carbocycles. The van der Waals surface area contributed by atoms with Gasteiger partial charge >= 0.3 is 5.63 Å². The van der Waals surface area contributed by atoms with E-state index in [2.05, 4.69) is 0 Å². The van der Waals surface area contributed by atoms with Crippen molar-refractivity contribution in [3.63, 3.8) is 0 Å². The Kier molecular flexibility index (Phi) is 3.79. The minimum absolute atomic E-state index is 0.0205. The molecule has 2 rings (SSSR count). The SMILES string of the molecule is COc1cc2c(C)c(CCC(C)=O)c(=O)oc2cc1O. The Morgan fingerprint density at radius 1 is 1.40 bits per heavy atom. The zero-order valence-corrected chi connectivity index (χ0v) is 11.6. The summed E-state index contributed by atoms with van der Waals surface area (Å²) < 4.78 is 10.3. The lowest BCUT2D eigenvalue weighted by Crippen LogP contribution is -2.11. The number of carbonyl (C=O) groups is 1. The van der Waals surface area contributed by atoms with E-state index in [1.54, 1.807) is 13.0 Å². The number of ether oxygens (including phenoxy) is 1. The molecule has 0 radical (unpaired) electrons. The van der Waals surface area contributed by atoms with Crippen molar-refractivity contribution in [3.05, 3.63) is 33.7 Å². The van der Waals surface area contributed by atoms with Crippen molar-refractivity contribution >= 4 is 16.8 Å². The second-order valence-corrected chi connectivity index (χ2v) is 4.72. The van der Waals surface area contributed by atoms with Gasteiger partial charge in [0.15, 0.2) is 11.5 Å². The maximum Gasteiger partial charge on any atom is 0.339 e. The lowest BCUT2D eigenvalue weighted by atomic mass is 10.0. The fourth-order valence-corrected chi connectivity index (χ4v) is 2.16. The number of aryl methyl sites for hydroxylation is 1. The Balaban J connectivity index is 2.64. The number of Topliss-reactive ketones (excluding diaryl/α,β-unsaturated/α-hetero) is 1. The summed E-state index contributed by atoms with van der Waals surface area (Å²) in [6.07, 6.45) is 0.648. The Morgan fingerprint density at radius 2 is 2.10 bits per heavy atom. The number of ketones is 1. The van der Waals surface area contributed by atoms with Crippen molar-refractivity contribution in [1.29, 1.82) is 0 Å². The van der Waals surface area contributed by atoms with Crippen molar-refractivity contribution in [1.82, 2.24) is 0 Å². The van der Waals surface area contributed by atoms with Gasteiger partial charge in [0.2, 0.25) is 0 Å². The summed E-state index contributed by atoms with van der Waals surface area (Å²) in [6, 6.07) is 2.98. The van der Waals surface area contributed by atoms with E-state index in [4.69, 9.17) is 9.15 Å². The fraction of sp³-hybridized carbons (Fsp3) is 0.333. The van der Waals surface area contributed by atoms with Crippen molar-refractivity contribution in [3.8, 4) is 11.5 Å². The molecule has 0 aliphatic carbocycles. The highest BCUT2D eigenvalue weighted by molar-refractivity contribution is 5.84. The van der Waals surface area contributed by atoms with Crippen LogP contribution in [0.2, 0.25) is 0 Å². The quantitative estimate of drug-likeness (QED) is 0.867. The molecule has 5 heteroatoms. The molecule has 1 aromatic heterocycles. The van der Waals surface area contributed by atoms with Crippen LogP contribution in [-0.2, 0) is 11.2 Å². The summed E-state index contributed by atoms with van der Waals surface area (Å²) in [6.45, 7) is 3.28. The van der Waals surface area contributed by atoms with Crippen LogP contribution in [0.15, 0.2) is 21.3 Å². The predicted molar refractivity (Wildman–Crippen MR) is 74.4 cm³/mol. The fourth-order valence-electron chi connectivity index (χ4n) is 2.16. The molecule has 2 aromatic rings. The number of hydrogen-bond donors (Lipinski definition) is 1. The van der Waals surface area contributed by atoms with Gasteiger partial charge in [-0.25, -0.2) is 4.79 Å². The van der Waals surface area contributed by atoms with Gasteiger partial charge < -0.3 is 19.1 Å². The van der Waals surface area contributed by atoms with E-state index in [-0.39, 0.29) is 11.5 Å². The molecule has 1 N–H and O–H groups in total. The van der Waals surface area contributed by atoms with Gasteiger partial charge in [0, 0.05) is 23.4 Å². The molecule has 106 valence electrons. The van der Waals surface area contributed by atoms with Crippen molar-refractivity contribution in [2.24, 2.45) is 0 Å². The average Bonchev–Trinajstić information content (AvgIpc) is 2.37. The van der Waals surface area contributed by atoms with Crippen molar-refractivity contribution in [2.75, 3.05) is 7.11 Å².